The zero-order valence-electron chi connectivity index (χ0n) is 9.32. The number of carbonyl (C=O) groups is 1. The Kier molecular flexibility index (Phi) is 3.86. The lowest BCUT2D eigenvalue weighted by atomic mass is 10.1. The van der Waals surface area contributed by atoms with Gasteiger partial charge in [-0.05, 0) is 24.6 Å². The highest BCUT2D eigenvalue weighted by atomic mass is 35.5. The van der Waals surface area contributed by atoms with E-state index in [1.807, 2.05) is 0 Å². The van der Waals surface area contributed by atoms with E-state index in [0.29, 0.717) is 35.4 Å². The number of esters is 1. The molecule has 1 heterocycles. The summed E-state index contributed by atoms with van der Waals surface area (Å²) in [4.78, 5) is 11.7. The molecule has 1 fully saturated rings. The van der Waals surface area contributed by atoms with Crippen LogP contribution in [0.25, 0.3) is 0 Å². The molecule has 1 aromatic rings. The molecule has 17 heavy (non-hydrogen) atoms. The molecule has 0 saturated carbocycles. The summed E-state index contributed by atoms with van der Waals surface area (Å²) in [6.45, 7) is 1.77. The van der Waals surface area contributed by atoms with Gasteiger partial charge in [-0.15, -0.1) is 0 Å². The van der Waals surface area contributed by atoms with Crippen LogP contribution in [0, 0.1) is 5.92 Å². The third-order valence-electron chi connectivity index (χ3n) is 2.71. The van der Waals surface area contributed by atoms with E-state index < -0.39 is 5.97 Å². The normalized spacial score (nSPS) is 19.2. The highest BCUT2D eigenvalue weighted by Crippen LogP contribution is 2.20. The minimum Gasteiger partial charge on any atom is -0.462 e. The van der Waals surface area contributed by atoms with Gasteiger partial charge in [0.15, 0.2) is 0 Å². The molecule has 0 spiro atoms. The van der Waals surface area contributed by atoms with Crippen LogP contribution in [0.15, 0.2) is 18.2 Å². The maximum Gasteiger partial charge on any atom is 0.340 e. The average molecular weight is 256 g/mol. The topological polar surface area (TPSA) is 61.6 Å². The zero-order valence-corrected chi connectivity index (χ0v) is 10.1. The standard InChI is InChI=1S/C12H14ClNO3/c13-9-1-2-10(11(14)5-9)12(15)17-7-8-3-4-16-6-8/h1-2,5,8H,3-4,6-7,14H2. The first kappa shape index (κ1) is 12.2. The monoisotopic (exact) mass is 255 g/mol. The minimum absolute atomic E-state index is 0.299. The van der Waals surface area contributed by atoms with Crippen LogP contribution in [0.2, 0.25) is 5.02 Å². The quantitative estimate of drug-likeness (QED) is 0.664. The van der Waals surface area contributed by atoms with Crippen LogP contribution in [0.3, 0.4) is 0 Å². The number of ether oxygens (including phenoxy) is 2. The Morgan fingerprint density at radius 1 is 1.59 bits per heavy atom. The van der Waals surface area contributed by atoms with Crippen LogP contribution in [0.5, 0.6) is 0 Å². The van der Waals surface area contributed by atoms with Gasteiger partial charge in [0.1, 0.15) is 0 Å². The molecule has 5 heteroatoms. The number of nitrogen functional groups attached to an aromatic ring is 1. The fourth-order valence-electron chi connectivity index (χ4n) is 1.71. The van der Waals surface area contributed by atoms with Crippen LogP contribution in [0.1, 0.15) is 16.8 Å². The summed E-state index contributed by atoms with van der Waals surface area (Å²) in [7, 11) is 0. The maximum absolute atomic E-state index is 11.7. The molecule has 0 aliphatic carbocycles. The lowest BCUT2D eigenvalue weighted by Crippen LogP contribution is -2.15. The third kappa shape index (κ3) is 3.11. The number of hydrogen-bond donors (Lipinski definition) is 1. The van der Waals surface area contributed by atoms with Crippen molar-refractivity contribution >= 4 is 23.3 Å². The van der Waals surface area contributed by atoms with Gasteiger partial charge in [-0.2, -0.15) is 0 Å². The van der Waals surface area contributed by atoms with Gasteiger partial charge in [0.05, 0.1) is 18.8 Å². The van der Waals surface area contributed by atoms with Crippen molar-refractivity contribution in [1.29, 1.82) is 0 Å². The van der Waals surface area contributed by atoms with Gasteiger partial charge >= 0.3 is 5.97 Å². The van der Waals surface area contributed by atoms with Crippen LogP contribution in [-0.4, -0.2) is 25.8 Å². The Hall–Kier alpha value is -1.26. The van der Waals surface area contributed by atoms with E-state index in [1.54, 1.807) is 12.1 Å². The van der Waals surface area contributed by atoms with E-state index in [2.05, 4.69) is 0 Å². The van der Waals surface area contributed by atoms with E-state index >= 15 is 0 Å². The van der Waals surface area contributed by atoms with Crippen molar-refractivity contribution in [2.24, 2.45) is 5.92 Å². The second-order valence-electron chi connectivity index (χ2n) is 4.06. The summed E-state index contributed by atoms with van der Waals surface area (Å²) in [6, 6.07) is 4.73. The molecule has 2 N–H and O–H groups in total. The van der Waals surface area contributed by atoms with E-state index in [0.717, 1.165) is 13.0 Å². The fraction of sp³-hybridized carbons (Fsp3) is 0.417. The first-order chi connectivity index (χ1) is 8.16. The summed E-state index contributed by atoms with van der Waals surface area (Å²) in [5, 5.41) is 0.503. The third-order valence-corrected chi connectivity index (χ3v) is 2.94. The van der Waals surface area contributed by atoms with Crippen molar-refractivity contribution in [1.82, 2.24) is 0 Å². The Morgan fingerprint density at radius 2 is 2.41 bits per heavy atom. The molecule has 1 aromatic carbocycles. The predicted molar refractivity (Wildman–Crippen MR) is 65.1 cm³/mol. The van der Waals surface area contributed by atoms with Crippen LogP contribution < -0.4 is 5.73 Å². The van der Waals surface area contributed by atoms with Crippen molar-refractivity contribution in [2.45, 2.75) is 6.42 Å². The molecular formula is C12H14ClNO3. The Balaban J connectivity index is 1.94. The summed E-state index contributed by atoms with van der Waals surface area (Å²) < 4.78 is 10.4. The molecule has 1 atom stereocenters. The van der Waals surface area contributed by atoms with Gasteiger partial charge in [0, 0.05) is 23.2 Å². The lowest BCUT2D eigenvalue weighted by Gasteiger charge is -2.10. The van der Waals surface area contributed by atoms with Crippen LogP contribution in [-0.2, 0) is 9.47 Å². The number of benzene rings is 1. The van der Waals surface area contributed by atoms with Gasteiger partial charge in [-0.3, -0.25) is 0 Å². The summed E-state index contributed by atoms with van der Waals surface area (Å²) in [5.74, 6) is -0.112. The van der Waals surface area contributed by atoms with Gasteiger partial charge in [-0.25, -0.2) is 4.79 Å². The molecule has 4 nitrogen and oxygen atoms in total. The molecular weight excluding hydrogens is 242 g/mol. The Labute approximate surface area is 105 Å². The average Bonchev–Trinajstić information content (AvgIpc) is 2.78. The van der Waals surface area contributed by atoms with Crippen molar-refractivity contribution in [3.8, 4) is 0 Å². The Bertz CT molecular complexity index is 416. The van der Waals surface area contributed by atoms with Crippen molar-refractivity contribution in [3.05, 3.63) is 28.8 Å². The lowest BCUT2D eigenvalue weighted by molar-refractivity contribution is 0.0429. The molecule has 0 amide bonds. The number of nitrogens with two attached hydrogens (primary N) is 1. The van der Waals surface area contributed by atoms with Gasteiger partial charge in [-0.1, -0.05) is 11.6 Å². The number of anilines is 1. The summed E-state index contributed by atoms with van der Waals surface area (Å²) >= 11 is 5.75. The van der Waals surface area contributed by atoms with Gasteiger partial charge in [0.2, 0.25) is 0 Å². The van der Waals surface area contributed by atoms with Crippen LogP contribution >= 0.6 is 11.6 Å². The first-order valence-corrected chi connectivity index (χ1v) is 5.84. The maximum atomic E-state index is 11.7. The molecule has 1 unspecified atom stereocenters. The number of rotatable bonds is 3. The molecule has 0 radical (unpaired) electrons. The minimum atomic E-state index is -0.411. The molecule has 92 valence electrons. The van der Waals surface area contributed by atoms with E-state index in [-0.39, 0.29) is 0 Å². The van der Waals surface area contributed by atoms with E-state index in [4.69, 9.17) is 26.8 Å². The fourth-order valence-corrected chi connectivity index (χ4v) is 1.89. The Morgan fingerprint density at radius 3 is 3.06 bits per heavy atom. The summed E-state index contributed by atoms with van der Waals surface area (Å²) in [5.41, 5.74) is 6.39. The molecule has 2 rings (SSSR count). The van der Waals surface area contributed by atoms with Crippen molar-refractivity contribution in [3.63, 3.8) is 0 Å². The smallest absolute Gasteiger partial charge is 0.340 e. The number of halogens is 1. The second-order valence-corrected chi connectivity index (χ2v) is 4.50. The SMILES string of the molecule is Nc1cc(Cl)ccc1C(=O)OCC1CCOC1. The largest absolute Gasteiger partial charge is 0.462 e. The van der Waals surface area contributed by atoms with Crippen molar-refractivity contribution in [2.75, 3.05) is 25.6 Å². The summed E-state index contributed by atoms with van der Waals surface area (Å²) in [6.07, 6.45) is 0.934. The van der Waals surface area contributed by atoms with Crippen molar-refractivity contribution < 1.29 is 14.3 Å². The molecule has 1 aliphatic rings. The van der Waals surface area contributed by atoms with Gasteiger partial charge in [0.25, 0.3) is 0 Å². The number of carbonyl (C=O) groups excluding carboxylic acids is 1. The zero-order chi connectivity index (χ0) is 12.3. The number of hydrogen-bond acceptors (Lipinski definition) is 4. The van der Waals surface area contributed by atoms with E-state index in [1.165, 1.54) is 6.07 Å². The molecule has 0 aromatic heterocycles. The molecule has 1 aliphatic heterocycles. The second kappa shape index (κ2) is 5.38. The molecule has 1 saturated heterocycles. The van der Waals surface area contributed by atoms with E-state index in [9.17, 15) is 4.79 Å². The van der Waals surface area contributed by atoms with Crippen LogP contribution in [0.4, 0.5) is 5.69 Å². The molecule has 0 bridgehead atoms. The predicted octanol–water partition coefficient (Wildman–Crippen LogP) is 2.12. The highest BCUT2D eigenvalue weighted by Gasteiger charge is 2.19. The first-order valence-electron chi connectivity index (χ1n) is 5.46. The highest BCUT2D eigenvalue weighted by molar-refractivity contribution is 6.31. The van der Waals surface area contributed by atoms with Gasteiger partial charge < -0.3 is 15.2 Å².